The van der Waals surface area contributed by atoms with Crippen molar-refractivity contribution >= 4 is 11.9 Å². The number of ether oxygens (including phenoxy) is 1. The molecule has 6 heteroatoms. The third-order valence-corrected chi connectivity index (χ3v) is 14.0. The molecular weight excluding hydrogens is 827 g/mol. The maximum absolute atomic E-state index is 12.5. The van der Waals surface area contributed by atoms with Crippen molar-refractivity contribution in [3.8, 4) is 0 Å². The molecule has 0 bridgehead atoms. The number of carbonyl (C=O) groups is 2. The predicted octanol–water partition coefficient (Wildman–Crippen LogP) is 18.6. The van der Waals surface area contributed by atoms with Gasteiger partial charge in [0.05, 0.1) is 25.4 Å². The first-order valence-electron chi connectivity index (χ1n) is 30.1. The van der Waals surface area contributed by atoms with Crippen LogP contribution >= 0.6 is 0 Å². The average molecular weight is 945 g/mol. The van der Waals surface area contributed by atoms with Gasteiger partial charge in [-0.1, -0.05) is 282 Å². The Morgan fingerprint density at radius 2 is 0.701 bits per heavy atom. The van der Waals surface area contributed by atoms with Crippen molar-refractivity contribution in [1.29, 1.82) is 0 Å². The summed E-state index contributed by atoms with van der Waals surface area (Å²) in [6.07, 6.45) is 69.1. The number of hydrogen-bond donors (Lipinski definition) is 3. The summed E-state index contributed by atoms with van der Waals surface area (Å²) < 4.78 is 5.48. The van der Waals surface area contributed by atoms with Crippen molar-refractivity contribution in [2.24, 2.45) is 0 Å². The van der Waals surface area contributed by atoms with Gasteiger partial charge in [-0.15, -0.1) is 0 Å². The smallest absolute Gasteiger partial charge is 0.305 e. The molecule has 0 aliphatic heterocycles. The first-order valence-corrected chi connectivity index (χ1v) is 30.1. The SMILES string of the molecule is CCCCCCCC/C=C\CCCCCCCC(=O)OCCCCCCCCCCCCCCCCCCCCC(=O)NC(CO)C(O)/C=C/CCCCCCCCCCCCCCCCC. The minimum absolute atomic E-state index is 0.00108. The van der Waals surface area contributed by atoms with Gasteiger partial charge < -0.3 is 20.3 Å². The Kier molecular flexibility index (Phi) is 55.5. The van der Waals surface area contributed by atoms with Crippen LogP contribution in [-0.2, 0) is 14.3 Å². The lowest BCUT2D eigenvalue weighted by molar-refractivity contribution is -0.143. The summed E-state index contributed by atoms with van der Waals surface area (Å²) in [5.41, 5.74) is 0. The quantitative estimate of drug-likeness (QED) is 0.0321. The van der Waals surface area contributed by atoms with E-state index in [1.165, 1.54) is 257 Å². The number of hydrogen-bond acceptors (Lipinski definition) is 5. The molecule has 67 heavy (non-hydrogen) atoms. The molecule has 6 nitrogen and oxygen atoms in total. The zero-order chi connectivity index (χ0) is 48.6. The van der Waals surface area contributed by atoms with Crippen molar-refractivity contribution < 1.29 is 24.5 Å². The van der Waals surface area contributed by atoms with E-state index in [9.17, 15) is 19.8 Å². The zero-order valence-corrected chi connectivity index (χ0v) is 45.1. The summed E-state index contributed by atoms with van der Waals surface area (Å²) in [6.45, 7) is 4.90. The second-order valence-corrected chi connectivity index (χ2v) is 20.7. The Balaban J connectivity index is 3.43. The van der Waals surface area contributed by atoms with Gasteiger partial charge in [-0.3, -0.25) is 9.59 Å². The first kappa shape index (κ1) is 65.3. The van der Waals surface area contributed by atoms with Crippen LogP contribution in [0.3, 0.4) is 0 Å². The summed E-state index contributed by atoms with van der Waals surface area (Å²) in [5.74, 6) is -0.0712. The number of esters is 1. The first-order chi connectivity index (χ1) is 33.0. The molecule has 0 heterocycles. The fraction of sp³-hybridized carbons (Fsp3) is 0.902. The van der Waals surface area contributed by atoms with Crippen LogP contribution in [0.4, 0.5) is 0 Å². The Morgan fingerprint density at radius 1 is 0.403 bits per heavy atom. The van der Waals surface area contributed by atoms with Crippen LogP contribution in [0.25, 0.3) is 0 Å². The van der Waals surface area contributed by atoms with Gasteiger partial charge in [0.2, 0.25) is 5.91 Å². The number of nitrogens with one attached hydrogen (secondary N) is 1. The molecule has 0 aromatic rings. The van der Waals surface area contributed by atoms with Crippen molar-refractivity contribution in [1.82, 2.24) is 5.32 Å². The highest BCUT2D eigenvalue weighted by atomic mass is 16.5. The van der Waals surface area contributed by atoms with Crippen LogP contribution in [0.2, 0.25) is 0 Å². The fourth-order valence-corrected chi connectivity index (χ4v) is 9.34. The summed E-state index contributed by atoms with van der Waals surface area (Å²) in [6, 6.07) is -0.631. The van der Waals surface area contributed by atoms with Crippen LogP contribution in [-0.4, -0.2) is 47.4 Å². The highest BCUT2D eigenvalue weighted by Gasteiger charge is 2.18. The summed E-state index contributed by atoms with van der Waals surface area (Å²) in [4.78, 5) is 24.5. The van der Waals surface area contributed by atoms with E-state index < -0.39 is 12.1 Å². The lowest BCUT2D eigenvalue weighted by Crippen LogP contribution is -2.45. The highest BCUT2D eigenvalue weighted by Crippen LogP contribution is 2.17. The van der Waals surface area contributed by atoms with Gasteiger partial charge >= 0.3 is 5.97 Å². The predicted molar refractivity (Wildman–Crippen MR) is 292 cm³/mol. The molecule has 3 N–H and O–H groups in total. The van der Waals surface area contributed by atoms with Gasteiger partial charge in [-0.05, 0) is 57.8 Å². The normalized spacial score (nSPS) is 12.7. The molecule has 0 aromatic carbocycles. The van der Waals surface area contributed by atoms with Crippen LogP contribution in [0.15, 0.2) is 24.3 Å². The molecule has 0 saturated carbocycles. The van der Waals surface area contributed by atoms with E-state index in [0.717, 1.165) is 44.9 Å². The molecule has 0 spiro atoms. The Bertz CT molecular complexity index is 1040. The molecule has 2 unspecified atom stereocenters. The summed E-state index contributed by atoms with van der Waals surface area (Å²) in [7, 11) is 0. The van der Waals surface area contributed by atoms with Gasteiger partial charge in [0.25, 0.3) is 0 Å². The molecule has 0 fully saturated rings. The monoisotopic (exact) mass is 944 g/mol. The van der Waals surface area contributed by atoms with Gasteiger partial charge in [-0.25, -0.2) is 0 Å². The van der Waals surface area contributed by atoms with E-state index in [0.29, 0.717) is 19.4 Å². The number of allylic oxidation sites excluding steroid dienone is 3. The molecule has 396 valence electrons. The van der Waals surface area contributed by atoms with Crippen LogP contribution in [0, 0.1) is 0 Å². The maximum atomic E-state index is 12.5. The zero-order valence-electron chi connectivity index (χ0n) is 45.1. The molecule has 2 atom stereocenters. The van der Waals surface area contributed by atoms with Crippen LogP contribution < -0.4 is 5.32 Å². The van der Waals surface area contributed by atoms with E-state index in [4.69, 9.17) is 4.74 Å². The summed E-state index contributed by atoms with van der Waals surface area (Å²) in [5, 5.41) is 23.1. The molecule has 0 aliphatic rings. The van der Waals surface area contributed by atoms with E-state index in [-0.39, 0.29) is 18.5 Å². The van der Waals surface area contributed by atoms with E-state index in [1.54, 1.807) is 6.08 Å². The molecule has 0 radical (unpaired) electrons. The average Bonchev–Trinajstić information content (AvgIpc) is 3.33. The number of rotatable bonds is 56. The highest BCUT2D eigenvalue weighted by molar-refractivity contribution is 5.76. The number of carbonyl (C=O) groups excluding carboxylic acids is 2. The topological polar surface area (TPSA) is 95.9 Å². The van der Waals surface area contributed by atoms with Crippen LogP contribution in [0.5, 0.6) is 0 Å². The summed E-state index contributed by atoms with van der Waals surface area (Å²) >= 11 is 0. The largest absolute Gasteiger partial charge is 0.466 e. The lowest BCUT2D eigenvalue weighted by Gasteiger charge is -2.20. The Morgan fingerprint density at radius 3 is 1.06 bits per heavy atom. The second kappa shape index (κ2) is 56.9. The fourth-order valence-electron chi connectivity index (χ4n) is 9.34. The number of aliphatic hydroxyl groups excluding tert-OH is 2. The standard InChI is InChI=1S/C61H117NO5/c1-3-5-7-9-11-13-15-17-19-22-26-29-33-37-41-45-49-53-59(64)58(57-63)62-60(65)54-50-46-42-38-34-30-27-23-20-21-24-28-32-36-40-44-48-52-56-67-61(66)55-51-47-43-39-35-31-25-18-16-14-12-10-8-6-4-2/h18,25,49,53,58-59,63-64H,3-17,19-24,26-48,50-52,54-57H2,1-2H3,(H,62,65)/b25-18-,53-49+. The van der Waals surface area contributed by atoms with E-state index in [1.807, 2.05) is 6.08 Å². The molecule has 0 aromatic heterocycles. The molecule has 1 amide bonds. The Hall–Kier alpha value is -1.66. The minimum Gasteiger partial charge on any atom is -0.466 e. The maximum Gasteiger partial charge on any atom is 0.305 e. The van der Waals surface area contributed by atoms with Crippen molar-refractivity contribution in [2.45, 2.75) is 341 Å². The van der Waals surface area contributed by atoms with Crippen molar-refractivity contribution in [3.63, 3.8) is 0 Å². The number of aliphatic hydroxyl groups is 2. The minimum atomic E-state index is -0.847. The third kappa shape index (κ3) is 53.5. The van der Waals surface area contributed by atoms with Crippen molar-refractivity contribution in [2.75, 3.05) is 13.2 Å². The van der Waals surface area contributed by atoms with Crippen LogP contribution in [0.1, 0.15) is 328 Å². The second-order valence-electron chi connectivity index (χ2n) is 20.7. The molecule has 0 saturated heterocycles. The number of amides is 1. The van der Waals surface area contributed by atoms with Gasteiger partial charge in [-0.2, -0.15) is 0 Å². The van der Waals surface area contributed by atoms with E-state index in [2.05, 4.69) is 31.3 Å². The van der Waals surface area contributed by atoms with Gasteiger partial charge in [0.1, 0.15) is 0 Å². The molecule has 0 aliphatic carbocycles. The molecular formula is C61H117NO5. The Labute approximate surface area is 418 Å². The third-order valence-electron chi connectivity index (χ3n) is 14.0. The lowest BCUT2D eigenvalue weighted by atomic mass is 10.0. The van der Waals surface area contributed by atoms with E-state index >= 15 is 0 Å². The van der Waals surface area contributed by atoms with Gasteiger partial charge in [0.15, 0.2) is 0 Å². The number of unbranched alkanes of at least 4 members (excludes halogenated alkanes) is 43. The molecule has 0 rings (SSSR count). The van der Waals surface area contributed by atoms with Gasteiger partial charge in [0, 0.05) is 12.8 Å². The van der Waals surface area contributed by atoms with Crippen molar-refractivity contribution in [3.05, 3.63) is 24.3 Å².